The number of carbonyl (C=O) groups is 2. The van der Waals surface area contributed by atoms with Gasteiger partial charge in [-0.2, -0.15) is 5.26 Å². The van der Waals surface area contributed by atoms with Crippen LogP contribution in [0.4, 0.5) is 5.69 Å². The maximum atomic E-state index is 12.7. The first-order chi connectivity index (χ1) is 16.8. The third-order valence-corrected chi connectivity index (χ3v) is 5.43. The Kier molecular flexibility index (Phi) is 8.74. The van der Waals surface area contributed by atoms with Crippen LogP contribution < -0.4 is 14.8 Å². The first-order valence-corrected chi connectivity index (χ1v) is 11.0. The maximum absolute atomic E-state index is 12.7. The number of rotatable bonds is 8. The molecule has 9 heteroatoms. The summed E-state index contributed by atoms with van der Waals surface area (Å²) in [7, 11) is 2.80. The van der Waals surface area contributed by atoms with Crippen molar-refractivity contribution in [3.63, 3.8) is 0 Å². The van der Waals surface area contributed by atoms with Gasteiger partial charge in [0.05, 0.1) is 19.8 Å². The number of halogens is 2. The maximum Gasteiger partial charge on any atom is 0.337 e. The largest absolute Gasteiger partial charge is 0.497 e. The molecule has 0 aliphatic carbocycles. The first-order valence-electron chi connectivity index (χ1n) is 10.2. The summed E-state index contributed by atoms with van der Waals surface area (Å²) in [5, 5.41) is 13.2. The van der Waals surface area contributed by atoms with Gasteiger partial charge in [-0.15, -0.1) is 0 Å². The molecule has 0 heterocycles. The van der Waals surface area contributed by atoms with E-state index in [1.165, 1.54) is 44.6 Å². The minimum atomic E-state index is -0.624. The normalized spacial score (nSPS) is 10.8. The van der Waals surface area contributed by atoms with Gasteiger partial charge in [0.2, 0.25) is 0 Å². The van der Waals surface area contributed by atoms with Gasteiger partial charge in [-0.3, -0.25) is 4.79 Å². The molecular weight excluding hydrogens is 491 g/mol. The lowest BCUT2D eigenvalue weighted by atomic mass is 10.1. The molecule has 178 valence electrons. The van der Waals surface area contributed by atoms with Gasteiger partial charge in [-0.1, -0.05) is 29.3 Å². The predicted molar refractivity (Wildman–Crippen MR) is 134 cm³/mol. The van der Waals surface area contributed by atoms with E-state index >= 15 is 0 Å². The SMILES string of the molecule is COC(=O)c1ccc(NC(=O)/C(C#N)=C/c2ccc(OC)cc2OCc2ccc(Cl)cc2Cl)cc1. The highest BCUT2D eigenvalue weighted by Crippen LogP contribution is 2.29. The van der Waals surface area contributed by atoms with Gasteiger partial charge in [-0.05, 0) is 54.6 Å². The zero-order valence-electron chi connectivity index (χ0n) is 18.8. The molecule has 0 fully saturated rings. The molecule has 0 aliphatic heterocycles. The van der Waals surface area contributed by atoms with Crippen LogP contribution in [0.3, 0.4) is 0 Å². The number of esters is 1. The van der Waals surface area contributed by atoms with Crippen LogP contribution in [0.2, 0.25) is 10.0 Å². The molecule has 0 bridgehead atoms. The van der Waals surface area contributed by atoms with E-state index in [9.17, 15) is 14.9 Å². The minimum absolute atomic E-state index is 0.130. The van der Waals surface area contributed by atoms with Gasteiger partial charge in [-0.25, -0.2) is 4.79 Å². The highest BCUT2D eigenvalue weighted by Gasteiger charge is 2.14. The van der Waals surface area contributed by atoms with Gasteiger partial charge in [0.15, 0.2) is 0 Å². The Bertz CT molecular complexity index is 1310. The highest BCUT2D eigenvalue weighted by molar-refractivity contribution is 6.35. The van der Waals surface area contributed by atoms with E-state index in [1.54, 1.807) is 36.4 Å². The molecule has 0 atom stereocenters. The first kappa shape index (κ1) is 25.6. The molecule has 1 N–H and O–H groups in total. The lowest BCUT2D eigenvalue weighted by molar-refractivity contribution is -0.112. The molecule has 0 aliphatic rings. The van der Waals surface area contributed by atoms with E-state index in [-0.39, 0.29) is 12.2 Å². The molecule has 35 heavy (non-hydrogen) atoms. The van der Waals surface area contributed by atoms with E-state index in [4.69, 9.17) is 32.7 Å². The predicted octanol–water partition coefficient (Wildman–Crippen LogP) is 5.91. The molecular formula is C26H20Cl2N2O5. The van der Waals surface area contributed by atoms with Crippen LogP contribution in [-0.4, -0.2) is 26.1 Å². The topological polar surface area (TPSA) is 97.7 Å². The fraction of sp³-hybridized carbons (Fsp3) is 0.115. The number of nitrogens with zero attached hydrogens (tertiary/aromatic N) is 1. The van der Waals surface area contributed by atoms with Crippen LogP contribution in [0.5, 0.6) is 11.5 Å². The monoisotopic (exact) mass is 510 g/mol. The summed E-state index contributed by atoms with van der Waals surface area (Å²) in [6.45, 7) is 0.130. The van der Waals surface area contributed by atoms with E-state index < -0.39 is 11.9 Å². The van der Waals surface area contributed by atoms with Crippen LogP contribution in [0.25, 0.3) is 6.08 Å². The number of hydrogen-bond acceptors (Lipinski definition) is 6. The summed E-state index contributed by atoms with van der Waals surface area (Å²) in [6.07, 6.45) is 1.41. The number of nitrogens with one attached hydrogen (secondary N) is 1. The molecule has 0 aromatic heterocycles. The summed E-state index contributed by atoms with van der Waals surface area (Å²) < 4.78 is 15.9. The molecule has 0 radical (unpaired) electrons. The highest BCUT2D eigenvalue weighted by atomic mass is 35.5. The molecule has 0 unspecified atom stereocenters. The molecule has 3 rings (SSSR count). The number of anilines is 1. The number of hydrogen-bond donors (Lipinski definition) is 1. The number of benzene rings is 3. The Morgan fingerprint density at radius 3 is 2.40 bits per heavy atom. The molecule has 0 spiro atoms. The second-order valence-corrected chi connectivity index (χ2v) is 7.96. The third-order valence-electron chi connectivity index (χ3n) is 4.85. The summed E-state index contributed by atoms with van der Waals surface area (Å²) in [4.78, 5) is 24.3. The fourth-order valence-electron chi connectivity index (χ4n) is 2.99. The third kappa shape index (κ3) is 6.76. The molecule has 1 amide bonds. The molecule has 0 saturated heterocycles. The summed E-state index contributed by atoms with van der Waals surface area (Å²) in [5.41, 5.74) is 1.79. The van der Waals surface area contributed by atoms with Crippen LogP contribution >= 0.6 is 23.2 Å². The smallest absolute Gasteiger partial charge is 0.337 e. The molecule has 3 aromatic rings. The second-order valence-electron chi connectivity index (χ2n) is 7.12. The Hall–Kier alpha value is -3.99. The summed E-state index contributed by atoms with van der Waals surface area (Å²) >= 11 is 12.2. The number of carbonyl (C=O) groups excluding carboxylic acids is 2. The lowest BCUT2D eigenvalue weighted by Gasteiger charge is -2.13. The van der Waals surface area contributed by atoms with Crippen molar-refractivity contribution < 1.29 is 23.8 Å². The molecule has 7 nitrogen and oxygen atoms in total. The van der Waals surface area contributed by atoms with Gasteiger partial charge >= 0.3 is 5.97 Å². The zero-order valence-corrected chi connectivity index (χ0v) is 20.3. The number of methoxy groups -OCH3 is 2. The Morgan fingerprint density at radius 2 is 1.77 bits per heavy atom. The van der Waals surface area contributed by atoms with Crippen molar-refractivity contribution in [3.05, 3.63) is 93.0 Å². The zero-order chi connectivity index (χ0) is 25.4. The van der Waals surface area contributed by atoms with Crippen molar-refractivity contribution in [1.29, 1.82) is 5.26 Å². The van der Waals surface area contributed by atoms with Gasteiger partial charge in [0.1, 0.15) is 29.7 Å². The van der Waals surface area contributed by atoms with E-state index in [1.807, 2.05) is 6.07 Å². The van der Waals surface area contributed by atoms with Crippen molar-refractivity contribution in [1.82, 2.24) is 0 Å². The van der Waals surface area contributed by atoms with Crippen LogP contribution in [0, 0.1) is 11.3 Å². The minimum Gasteiger partial charge on any atom is -0.497 e. The van der Waals surface area contributed by atoms with E-state index in [0.29, 0.717) is 43.9 Å². The van der Waals surface area contributed by atoms with Crippen molar-refractivity contribution >= 4 is 46.8 Å². The summed E-state index contributed by atoms with van der Waals surface area (Å²) in [5.74, 6) is -0.195. The Morgan fingerprint density at radius 1 is 1.03 bits per heavy atom. The number of ether oxygens (including phenoxy) is 3. The quantitative estimate of drug-likeness (QED) is 0.229. The van der Waals surface area contributed by atoms with Crippen molar-refractivity contribution in [3.8, 4) is 17.6 Å². The standard InChI is InChI=1S/C26H20Cl2N2O5/c1-33-22-10-6-17(24(13-22)35-15-18-3-7-20(27)12-23(18)28)11-19(14-29)25(31)30-21-8-4-16(5-9-21)26(32)34-2/h3-13H,15H2,1-2H3,(H,30,31)/b19-11+. The number of nitriles is 1. The van der Waals surface area contributed by atoms with Crippen molar-refractivity contribution in [2.75, 3.05) is 19.5 Å². The van der Waals surface area contributed by atoms with Crippen molar-refractivity contribution in [2.45, 2.75) is 6.61 Å². The fourth-order valence-corrected chi connectivity index (χ4v) is 3.45. The average molecular weight is 511 g/mol. The Labute approximate surface area is 212 Å². The van der Waals surface area contributed by atoms with Gasteiger partial charge < -0.3 is 19.5 Å². The van der Waals surface area contributed by atoms with Crippen LogP contribution in [-0.2, 0) is 16.1 Å². The van der Waals surface area contributed by atoms with E-state index in [2.05, 4.69) is 10.1 Å². The Balaban J connectivity index is 1.83. The second kappa shape index (κ2) is 11.9. The van der Waals surface area contributed by atoms with Crippen LogP contribution in [0.1, 0.15) is 21.5 Å². The van der Waals surface area contributed by atoms with Gasteiger partial charge in [0, 0.05) is 32.9 Å². The van der Waals surface area contributed by atoms with Crippen LogP contribution in [0.15, 0.2) is 66.2 Å². The summed E-state index contributed by atoms with van der Waals surface area (Å²) in [6, 6.07) is 18.1. The number of amides is 1. The van der Waals surface area contributed by atoms with E-state index in [0.717, 1.165) is 0 Å². The van der Waals surface area contributed by atoms with Crippen molar-refractivity contribution in [2.24, 2.45) is 0 Å². The average Bonchev–Trinajstić information content (AvgIpc) is 2.87. The molecule has 3 aromatic carbocycles. The van der Waals surface area contributed by atoms with Gasteiger partial charge in [0.25, 0.3) is 5.91 Å². The lowest BCUT2D eigenvalue weighted by Crippen LogP contribution is -2.13. The molecule has 0 saturated carbocycles.